The SMILES string of the molecule is CCOC(=O)C(=CN(C)C)C(=O)c1cc(Br)cc(OCC)c1Cl.CCOc1cc(Br)cc(C(=O)O)c1Cl. The van der Waals surface area contributed by atoms with Gasteiger partial charge < -0.3 is 24.2 Å². The Hall–Kier alpha value is -2.27. The van der Waals surface area contributed by atoms with Crippen LogP contribution in [0, 0.1) is 0 Å². The number of carboxylic acid groups (broad SMARTS) is 1. The van der Waals surface area contributed by atoms with Crippen molar-refractivity contribution in [1.29, 1.82) is 0 Å². The molecule has 0 fully saturated rings. The Morgan fingerprint density at radius 1 is 0.865 bits per heavy atom. The maximum atomic E-state index is 12.8. The lowest BCUT2D eigenvalue weighted by atomic mass is 10.0. The largest absolute Gasteiger partial charge is 0.492 e. The fourth-order valence-electron chi connectivity index (χ4n) is 2.79. The number of esters is 1. The van der Waals surface area contributed by atoms with E-state index in [2.05, 4.69) is 31.9 Å². The van der Waals surface area contributed by atoms with Crippen molar-refractivity contribution in [3.8, 4) is 11.5 Å². The number of carbonyl (C=O) groups excluding carboxylic acids is 2. The molecule has 0 aliphatic carbocycles. The monoisotopic (exact) mass is 681 g/mol. The van der Waals surface area contributed by atoms with Crippen molar-refractivity contribution in [2.24, 2.45) is 0 Å². The number of halogens is 4. The first-order valence-corrected chi connectivity index (χ1v) is 13.3. The van der Waals surface area contributed by atoms with Gasteiger partial charge >= 0.3 is 11.9 Å². The minimum absolute atomic E-state index is 0.0319. The van der Waals surface area contributed by atoms with Crippen LogP contribution in [0.2, 0.25) is 10.0 Å². The lowest BCUT2D eigenvalue weighted by Crippen LogP contribution is -2.20. The fraction of sp³-hybridized carbons (Fsp3) is 0.320. The zero-order chi connectivity index (χ0) is 28.3. The summed E-state index contributed by atoms with van der Waals surface area (Å²) in [6, 6.07) is 6.30. The van der Waals surface area contributed by atoms with Crippen LogP contribution in [0.25, 0.3) is 0 Å². The molecule has 0 radical (unpaired) electrons. The van der Waals surface area contributed by atoms with Crippen molar-refractivity contribution in [2.45, 2.75) is 20.8 Å². The smallest absolute Gasteiger partial charge is 0.343 e. The first kappa shape index (κ1) is 32.8. The number of ether oxygens (including phenoxy) is 3. The molecule has 0 saturated heterocycles. The maximum absolute atomic E-state index is 12.8. The van der Waals surface area contributed by atoms with Gasteiger partial charge in [-0.1, -0.05) is 55.1 Å². The van der Waals surface area contributed by atoms with Gasteiger partial charge in [-0.2, -0.15) is 0 Å². The number of nitrogens with zero attached hydrogens (tertiary/aromatic N) is 1. The molecule has 0 aliphatic heterocycles. The molecule has 202 valence electrons. The van der Waals surface area contributed by atoms with Crippen molar-refractivity contribution in [1.82, 2.24) is 4.90 Å². The van der Waals surface area contributed by atoms with E-state index in [-0.39, 0.29) is 33.4 Å². The summed E-state index contributed by atoms with van der Waals surface area (Å²) in [7, 11) is 3.42. The molecule has 2 rings (SSSR count). The summed E-state index contributed by atoms with van der Waals surface area (Å²) in [5.74, 6) is -1.54. The molecule has 0 heterocycles. The van der Waals surface area contributed by atoms with Crippen LogP contribution in [0.4, 0.5) is 0 Å². The van der Waals surface area contributed by atoms with E-state index in [1.165, 1.54) is 12.3 Å². The van der Waals surface area contributed by atoms with Gasteiger partial charge in [0.05, 0.1) is 35.4 Å². The van der Waals surface area contributed by atoms with E-state index in [0.717, 1.165) is 0 Å². The first-order valence-electron chi connectivity index (χ1n) is 10.9. The molecule has 0 amide bonds. The third kappa shape index (κ3) is 9.85. The number of hydrogen-bond acceptors (Lipinski definition) is 7. The highest BCUT2D eigenvalue weighted by Crippen LogP contribution is 2.34. The second-order valence-corrected chi connectivity index (χ2v) is 9.85. The normalized spacial score (nSPS) is 10.7. The van der Waals surface area contributed by atoms with E-state index in [1.807, 2.05) is 6.92 Å². The van der Waals surface area contributed by atoms with E-state index in [0.29, 0.717) is 33.7 Å². The molecule has 2 aromatic rings. The van der Waals surface area contributed by atoms with Gasteiger partial charge in [0.2, 0.25) is 5.78 Å². The molecule has 12 heteroatoms. The molecule has 0 saturated carbocycles. The van der Waals surface area contributed by atoms with Gasteiger partial charge in [-0.3, -0.25) is 4.79 Å². The van der Waals surface area contributed by atoms with Crippen LogP contribution in [-0.4, -0.2) is 61.6 Å². The van der Waals surface area contributed by atoms with E-state index in [1.54, 1.807) is 51.0 Å². The molecular weight excluding hydrogens is 657 g/mol. The van der Waals surface area contributed by atoms with Gasteiger partial charge in [0.25, 0.3) is 0 Å². The summed E-state index contributed by atoms with van der Waals surface area (Å²) in [6.07, 6.45) is 1.41. The van der Waals surface area contributed by atoms with Gasteiger partial charge in [0.1, 0.15) is 17.1 Å². The number of aromatic carboxylic acids is 1. The summed E-state index contributed by atoms with van der Waals surface area (Å²) in [5, 5.41) is 9.11. The van der Waals surface area contributed by atoms with E-state index >= 15 is 0 Å². The van der Waals surface area contributed by atoms with Crippen LogP contribution in [0.1, 0.15) is 41.5 Å². The molecule has 0 spiro atoms. The molecule has 0 aromatic heterocycles. The van der Waals surface area contributed by atoms with Crippen molar-refractivity contribution in [2.75, 3.05) is 33.9 Å². The second-order valence-electron chi connectivity index (χ2n) is 7.26. The topological polar surface area (TPSA) is 102 Å². The van der Waals surface area contributed by atoms with Crippen molar-refractivity contribution in [3.63, 3.8) is 0 Å². The molecular formula is C25H27Br2Cl2NO7. The lowest BCUT2D eigenvalue weighted by Gasteiger charge is -2.13. The van der Waals surface area contributed by atoms with Crippen LogP contribution in [-0.2, 0) is 9.53 Å². The Morgan fingerprint density at radius 3 is 1.73 bits per heavy atom. The predicted octanol–water partition coefficient (Wildman–Crippen LogP) is 6.89. The number of carboxylic acids is 1. The second kappa shape index (κ2) is 15.9. The van der Waals surface area contributed by atoms with Crippen molar-refractivity contribution in [3.05, 3.63) is 66.2 Å². The predicted molar refractivity (Wildman–Crippen MR) is 150 cm³/mol. The zero-order valence-electron chi connectivity index (χ0n) is 20.9. The highest BCUT2D eigenvalue weighted by Gasteiger charge is 2.25. The Bertz CT molecular complexity index is 1170. The van der Waals surface area contributed by atoms with Crippen LogP contribution >= 0.6 is 55.1 Å². The molecule has 0 atom stereocenters. The van der Waals surface area contributed by atoms with Gasteiger partial charge in [-0.05, 0) is 45.0 Å². The fourth-order valence-corrected chi connectivity index (χ4v) is 4.15. The van der Waals surface area contributed by atoms with E-state index in [4.69, 9.17) is 42.5 Å². The zero-order valence-corrected chi connectivity index (χ0v) is 25.5. The average Bonchev–Trinajstić information content (AvgIpc) is 2.82. The third-order valence-corrected chi connectivity index (χ3v) is 5.91. The van der Waals surface area contributed by atoms with Gasteiger partial charge in [0.15, 0.2) is 0 Å². The number of rotatable bonds is 10. The van der Waals surface area contributed by atoms with E-state index in [9.17, 15) is 14.4 Å². The molecule has 2 aromatic carbocycles. The summed E-state index contributed by atoms with van der Waals surface area (Å²) >= 11 is 18.6. The number of hydrogen-bond donors (Lipinski definition) is 1. The highest BCUT2D eigenvalue weighted by atomic mass is 79.9. The van der Waals surface area contributed by atoms with Crippen LogP contribution in [0.15, 0.2) is 45.0 Å². The molecule has 0 unspecified atom stereocenters. The molecule has 0 bridgehead atoms. The number of carbonyl (C=O) groups is 3. The number of benzene rings is 2. The molecule has 1 N–H and O–H groups in total. The minimum Gasteiger partial charge on any atom is -0.492 e. The molecule has 37 heavy (non-hydrogen) atoms. The van der Waals surface area contributed by atoms with Crippen molar-refractivity contribution >= 4 is 72.8 Å². The van der Waals surface area contributed by atoms with Gasteiger partial charge in [-0.25, -0.2) is 9.59 Å². The Morgan fingerprint density at radius 2 is 1.32 bits per heavy atom. The Labute approximate surface area is 242 Å². The molecule has 8 nitrogen and oxygen atoms in total. The maximum Gasteiger partial charge on any atom is 0.343 e. The quantitative estimate of drug-likeness (QED) is 0.0950. The Kier molecular flexibility index (Phi) is 14.0. The minimum atomic E-state index is -1.07. The summed E-state index contributed by atoms with van der Waals surface area (Å²) < 4.78 is 16.8. The summed E-state index contributed by atoms with van der Waals surface area (Å²) in [5.41, 5.74) is 0.106. The van der Waals surface area contributed by atoms with E-state index < -0.39 is 17.7 Å². The summed E-state index contributed by atoms with van der Waals surface area (Å²) in [4.78, 5) is 37.2. The highest BCUT2D eigenvalue weighted by molar-refractivity contribution is 9.10. The molecule has 0 aliphatic rings. The summed E-state index contributed by atoms with van der Waals surface area (Å²) in [6.45, 7) is 6.31. The van der Waals surface area contributed by atoms with Gasteiger partial charge in [0, 0.05) is 34.8 Å². The lowest BCUT2D eigenvalue weighted by molar-refractivity contribution is -0.138. The number of ketones is 1. The van der Waals surface area contributed by atoms with Crippen LogP contribution in [0.3, 0.4) is 0 Å². The Balaban J connectivity index is 0.000000417. The van der Waals surface area contributed by atoms with Crippen LogP contribution in [0.5, 0.6) is 11.5 Å². The third-order valence-electron chi connectivity index (χ3n) is 4.21. The van der Waals surface area contributed by atoms with Crippen LogP contribution < -0.4 is 9.47 Å². The van der Waals surface area contributed by atoms with Gasteiger partial charge in [-0.15, -0.1) is 0 Å². The average molecular weight is 684 g/mol. The van der Waals surface area contributed by atoms with Crippen molar-refractivity contribution < 1.29 is 33.7 Å². The standard InChI is InChI=1S/C16H19BrClNO4.C9H8BrClO3/c1-5-22-13-8-10(17)7-11(14(13)18)15(20)12(9-19(3)4)16(21)23-6-2;1-2-14-7-4-5(10)3-6(8(7)11)9(12)13/h7-9H,5-6H2,1-4H3;3-4H,2H2,1H3,(H,12,13). The first-order chi connectivity index (χ1) is 17.4. The number of Topliss-reactive ketones (excluding diaryl/α,β-unsaturated/α-hetero) is 1.